The SMILES string of the molecule is O=C(OCc1ccc(-c2ccccc2)cc1)c1cnc(Cl)c(Cl)c1. The fourth-order valence-electron chi connectivity index (χ4n) is 2.19. The highest BCUT2D eigenvalue weighted by Crippen LogP contribution is 2.21. The number of pyridine rings is 1. The highest BCUT2D eigenvalue weighted by atomic mass is 35.5. The Morgan fingerprint density at radius 1 is 0.958 bits per heavy atom. The summed E-state index contributed by atoms with van der Waals surface area (Å²) in [5.41, 5.74) is 3.42. The largest absolute Gasteiger partial charge is 0.457 e. The minimum Gasteiger partial charge on any atom is -0.457 e. The summed E-state index contributed by atoms with van der Waals surface area (Å²) in [6.45, 7) is 0.175. The number of ether oxygens (including phenoxy) is 1. The number of hydrogen-bond acceptors (Lipinski definition) is 3. The summed E-state index contributed by atoms with van der Waals surface area (Å²) in [4.78, 5) is 15.8. The van der Waals surface area contributed by atoms with Crippen LogP contribution in [0.3, 0.4) is 0 Å². The zero-order valence-electron chi connectivity index (χ0n) is 12.6. The summed E-state index contributed by atoms with van der Waals surface area (Å²) in [6, 6.07) is 19.4. The summed E-state index contributed by atoms with van der Waals surface area (Å²) in [5, 5.41) is 0.378. The molecule has 0 N–H and O–H groups in total. The maximum Gasteiger partial charge on any atom is 0.340 e. The van der Waals surface area contributed by atoms with Crippen LogP contribution in [-0.4, -0.2) is 11.0 Å². The van der Waals surface area contributed by atoms with Crippen LogP contribution in [0.15, 0.2) is 66.9 Å². The van der Waals surface area contributed by atoms with Gasteiger partial charge in [-0.1, -0.05) is 77.8 Å². The predicted octanol–water partition coefficient (Wildman–Crippen LogP) is 5.41. The average Bonchev–Trinajstić information content (AvgIpc) is 2.63. The Hall–Kier alpha value is -2.36. The van der Waals surface area contributed by atoms with E-state index in [9.17, 15) is 4.79 Å². The van der Waals surface area contributed by atoms with Crippen molar-refractivity contribution in [1.29, 1.82) is 0 Å². The summed E-state index contributed by atoms with van der Waals surface area (Å²) >= 11 is 11.6. The molecule has 0 amide bonds. The van der Waals surface area contributed by atoms with Gasteiger partial charge in [-0.15, -0.1) is 0 Å². The summed E-state index contributed by atoms with van der Waals surface area (Å²) in [6.07, 6.45) is 1.34. The Labute approximate surface area is 149 Å². The number of halogens is 2. The molecule has 3 nitrogen and oxygen atoms in total. The zero-order chi connectivity index (χ0) is 16.9. The van der Waals surface area contributed by atoms with E-state index in [1.165, 1.54) is 12.3 Å². The lowest BCUT2D eigenvalue weighted by Gasteiger charge is -2.07. The Balaban J connectivity index is 1.64. The fraction of sp³-hybridized carbons (Fsp3) is 0.0526. The van der Waals surface area contributed by atoms with Gasteiger partial charge in [0, 0.05) is 6.20 Å². The first kappa shape index (κ1) is 16.5. The van der Waals surface area contributed by atoms with Crippen LogP contribution in [-0.2, 0) is 11.3 Å². The quantitative estimate of drug-likeness (QED) is 0.462. The van der Waals surface area contributed by atoms with Crippen molar-refractivity contribution in [3.05, 3.63) is 88.2 Å². The van der Waals surface area contributed by atoms with Gasteiger partial charge in [-0.3, -0.25) is 0 Å². The molecule has 0 spiro atoms. The molecule has 2 aromatic carbocycles. The molecular weight excluding hydrogens is 345 g/mol. The normalized spacial score (nSPS) is 10.4. The predicted molar refractivity (Wildman–Crippen MR) is 95.3 cm³/mol. The number of rotatable bonds is 4. The van der Waals surface area contributed by atoms with Crippen LogP contribution in [0.1, 0.15) is 15.9 Å². The van der Waals surface area contributed by atoms with Gasteiger partial charge in [0.2, 0.25) is 0 Å². The molecule has 1 aromatic heterocycles. The second-order valence-electron chi connectivity index (χ2n) is 5.14. The van der Waals surface area contributed by atoms with Crippen molar-refractivity contribution < 1.29 is 9.53 Å². The Kier molecular flexibility index (Phi) is 5.14. The minimum absolute atomic E-state index is 0.157. The number of esters is 1. The molecule has 120 valence electrons. The van der Waals surface area contributed by atoms with E-state index >= 15 is 0 Å². The smallest absolute Gasteiger partial charge is 0.340 e. The van der Waals surface area contributed by atoms with Gasteiger partial charge in [-0.05, 0) is 22.8 Å². The molecule has 0 saturated carbocycles. The van der Waals surface area contributed by atoms with Gasteiger partial charge in [0.15, 0.2) is 0 Å². The van der Waals surface area contributed by atoms with E-state index in [1.807, 2.05) is 54.6 Å². The van der Waals surface area contributed by atoms with E-state index in [1.54, 1.807) is 0 Å². The first-order chi connectivity index (χ1) is 11.6. The van der Waals surface area contributed by atoms with Crippen molar-refractivity contribution in [1.82, 2.24) is 4.98 Å². The van der Waals surface area contributed by atoms with E-state index in [0.717, 1.165) is 16.7 Å². The lowest BCUT2D eigenvalue weighted by atomic mass is 10.0. The van der Waals surface area contributed by atoms with Gasteiger partial charge in [0.25, 0.3) is 0 Å². The highest BCUT2D eigenvalue weighted by molar-refractivity contribution is 6.41. The molecule has 3 rings (SSSR count). The monoisotopic (exact) mass is 357 g/mol. The maximum atomic E-state index is 12.0. The number of carbonyl (C=O) groups excluding carboxylic acids is 1. The van der Waals surface area contributed by atoms with Crippen LogP contribution in [0.4, 0.5) is 0 Å². The molecule has 3 aromatic rings. The number of aromatic nitrogens is 1. The molecular formula is C19H13Cl2NO2. The standard InChI is InChI=1S/C19H13Cl2NO2/c20-17-10-16(11-22-18(17)21)19(23)24-12-13-6-8-15(9-7-13)14-4-2-1-3-5-14/h1-11H,12H2. The molecule has 0 bridgehead atoms. The average molecular weight is 358 g/mol. The van der Waals surface area contributed by atoms with Crippen LogP contribution in [0, 0.1) is 0 Å². The molecule has 5 heteroatoms. The Bertz CT molecular complexity index is 849. The first-order valence-corrected chi connectivity index (χ1v) is 8.01. The third-order valence-electron chi connectivity index (χ3n) is 3.46. The summed E-state index contributed by atoms with van der Waals surface area (Å²) in [7, 11) is 0. The van der Waals surface area contributed by atoms with E-state index in [2.05, 4.69) is 4.98 Å². The van der Waals surface area contributed by atoms with Crippen molar-refractivity contribution in [2.24, 2.45) is 0 Å². The van der Waals surface area contributed by atoms with Crippen molar-refractivity contribution in [2.75, 3.05) is 0 Å². The van der Waals surface area contributed by atoms with Gasteiger partial charge in [-0.25, -0.2) is 9.78 Å². The highest BCUT2D eigenvalue weighted by Gasteiger charge is 2.10. The Morgan fingerprint density at radius 3 is 2.29 bits per heavy atom. The van der Waals surface area contributed by atoms with Gasteiger partial charge in [0.05, 0.1) is 10.6 Å². The molecule has 0 aliphatic heterocycles. The first-order valence-electron chi connectivity index (χ1n) is 7.26. The molecule has 0 saturated heterocycles. The summed E-state index contributed by atoms with van der Waals surface area (Å²) < 4.78 is 5.27. The van der Waals surface area contributed by atoms with Crippen molar-refractivity contribution in [3.8, 4) is 11.1 Å². The third kappa shape index (κ3) is 3.94. The maximum absolute atomic E-state index is 12.0. The molecule has 0 aliphatic carbocycles. The summed E-state index contributed by atoms with van der Waals surface area (Å²) in [5.74, 6) is -0.492. The van der Waals surface area contributed by atoms with E-state index in [-0.39, 0.29) is 22.3 Å². The van der Waals surface area contributed by atoms with Gasteiger partial charge < -0.3 is 4.74 Å². The molecule has 1 heterocycles. The second-order valence-corrected chi connectivity index (χ2v) is 5.90. The van der Waals surface area contributed by atoms with Crippen LogP contribution >= 0.6 is 23.2 Å². The van der Waals surface area contributed by atoms with Crippen molar-refractivity contribution in [3.63, 3.8) is 0 Å². The van der Waals surface area contributed by atoms with Crippen LogP contribution in [0.25, 0.3) is 11.1 Å². The van der Waals surface area contributed by atoms with Crippen molar-refractivity contribution in [2.45, 2.75) is 6.61 Å². The Morgan fingerprint density at radius 2 is 1.62 bits per heavy atom. The number of carbonyl (C=O) groups is 1. The zero-order valence-corrected chi connectivity index (χ0v) is 14.1. The molecule has 0 atom stereocenters. The van der Waals surface area contributed by atoms with E-state index < -0.39 is 5.97 Å². The molecule has 0 fully saturated rings. The van der Waals surface area contributed by atoms with Crippen LogP contribution in [0.5, 0.6) is 0 Å². The van der Waals surface area contributed by atoms with Gasteiger partial charge in [-0.2, -0.15) is 0 Å². The lowest BCUT2D eigenvalue weighted by Crippen LogP contribution is -2.05. The van der Waals surface area contributed by atoms with E-state index in [4.69, 9.17) is 27.9 Å². The fourth-order valence-corrected chi connectivity index (χ4v) is 2.46. The molecule has 0 unspecified atom stereocenters. The second kappa shape index (κ2) is 7.47. The van der Waals surface area contributed by atoms with E-state index in [0.29, 0.717) is 0 Å². The van der Waals surface area contributed by atoms with Crippen molar-refractivity contribution >= 4 is 29.2 Å². The topological polar surface area (TPSA) is 39.2 Å². The van der Waals surface area contributed by atoms with Crippen LogP contribution in [0.2, 0.25) is 10.2 Å². The molecule has 0 aliphatic rings. The third-order valence-corrected chi connectivity index (χ3v) is 4.15. The molecule has 0 radical (unpaired) electrons. The number of nitrogens with zero attached hydrogens (tertiary/aromatic N) is 1. The lowest BCUT2D eigenvalue weighted by molar-refractivity contribution is 0.0472. The number of benzene rings is 2. The number of hydrogen-bond donors (Lipinski definition) is 0. The van der Waals surface area contributed by atoms with Crippen LogP contribution < -0.4 is 0 Å². The van der Waals surface area contributed by atoms with Gasteiger partial charge in [0.1, 0.15) is 11.8 Å². The molecule has 24 heavy (non-hydrogen) atoms. The minimum atomic E-state index is -0.492. The van der Waals surface area contributed by atoms with Gasteiger partial charge >= 0.3 is 5.97 Å².